The minimum absolute atomic E-state index is 0.195. The van der Waals surface area contributed by atoms with Crippen molar-refractivity contribution in [3.63, 3.8) is 0 Å². The van der Waals surface area contributed by atoms with Crippen molar-refractivity contribution in [2.45, 2.75) is 32.3 Å². The Balaban J connectivity index is 2.41. The number of nitrogens with one attached hydrogen (secondary N) is 1. The average Bonchev–Trinajstić information content (AvgIpc) is 2.29. The summed E-state index contributed by atoms with van der Waals surface area (Å²) in [6.07, 6.45) is 1.61. The van der Waals surface area contributed by atoms with E-state index in [0.29, 0.717) is 6.42 Å². The van der Waals surface area contributed by atoms with Gasteiger partial charge in [-0.1, -0.05) is 13.0 Å². The maximum Gasteiger partial charge on any atom is 0.123 e. The molecule has 0 bridgehead atoms. The topological polar surface area (TPSA) is 32.3 Å². The molecule has 0 spiro atoms. The average molecular weight is 237 g/mol. The van der Waals surface area contributed by atoms with Crippen LogP contribution < -0.4 is 5.32 Å². The molecule has 1 aromatic rings. The van der Waals surface area contributed by atoms with Crippen LogP contribution in [-0.2, 0) is 5.60 Å². The molecule has 0 aromatic heterocycles. The molecule has 0 saturated carbocycles. The van der Waals surface area contributed by atoms with Crippen LogP contribution in [0.15, 0.2) is 18.2 Å². The van der Waals surface area contributed by atoms with Gasteiger partial charge in [0.2, 0.25) is 0 Å². The van der Waals surface area contributed by atoms with E-state index < -0.39 is 5.60 Å². The summed E-state index contributed by atoms with van der Waals surface area (Å²) in [6, 6.07) is 4.68. The van der Waals surface area contributed by atoms with Crippen LogP contribution in [0.4, 0.5) is 4.39 Å². The van der Waals surface area contributed by atoms with Crippen LogP contribution >= 0.6 is 0 Å². The molecule has 2 nitrogen and oxygen atoms in total. The molecule has 1 heterocycles. The highest BCUT2D eigenvalue weighted by molar-refractivity contribution is 5.33. The smallest absolute Gasteiger partial charge is 0.123 e. The van der Waals surface area contributed by atoms with Crippen LogP contribution in [0.1, 0.15) is 30.9 Å². The van der Waals surface area contributed by atoms with Gasteiger partial charge < -0.3 is 10.4 Å². The zero-order valence-corrected chi connectivity index (χ0v) is 10.5. The number of rotatable bonds is 2. The Hall–Kier alpha value is -0.930. The Labute approximate surface area is 102 Å². The van der Waals surface area contributed by atoms with Gasteiger partial charge in [0.25, 0.3) is 0 Å². The Morgan fingerprint density at radius 2 is 2.29 bits per heavy atom. The molecule has 1 saturated heterocycles. The predicted octanol–water partition coefficient (Wildman–Crippen LogP) is 2.34. The maximum atomic E-state index is 13.1. The Kier molecular flexibility index (Phi) is 3.50. The van der Waals surface area contributed by atoms with Crippen molar-refractivity contribution in [1.82, 2.24) is 5.32 Å². The summed E-state index contributed by atoms with van der Waals surface area (Å²) in [6.45, 7) is 5.58. The largest absolute Gasteiger partial charge is 0.385 e. The number of aryl methyl sites for hydroxylation is 1. The van der Waals surface area contributed by atoms with Gasteiger partial charge in [-0.15, -0.1) is 0 Å². The third-order valence-electron chi connectivity index (χ3n) is 3.90. The van der Waals surface area contributed by atoms with Crippen LogP contribution in [0.3, 0.4) is 0 Å². The van der Waals surface area contributed by atoms with E-state index in [-0.39, 0.29) is 11.7 Å². The van der Waals surface area contributed by atoms with Gasteiger partial charge >= 0.3 is 0 Å². The Morgan fingerprint density at radius 1 is 1.53 bits per heavy atom. The summed E-state index contributed by atoms with van der Waals surface area (Å²) < 4.78 is 13.1. The second-order valence-electron chi connectivity index (χ2n) is 4.94. The van der Waals surface area contributed by atoms with E-state index in [1.165, 1.54) is 12.1 Å². The standard InChI is InChI=1S/C14H20FNO/c1-3-11-9-16-7-6-14(11,17)13-5-4-12(15)8-10(13)2/h4-5,8,11,16-17H,3,6-7,9H2,1-2H3. The highest BCUT2D eigenvalue weighted by Crippen LogP contribution is 2.38. The Bertz CT molecular complexity index is 407. The van der Waals surface area contributed by atoms with Crippen LogP contribution in [0.25, 0.3) is 0 Å². The third-order valence-corrected chi connectivity index (χ3v) is 3.90. The van der Waals surface area contributed by atoms with Gasteiger partial charge in [0.05, 0.1) is 5.60 Å². The summed E-state index contributed by atoms with van der Waals surface area (Å²) in [5.41, 5.74) is 0.915. The lowest BCUT2D eigenvalue weighted by atomic mass is 9.74. The Morgan fingerprint density at radius 3 is 2.94 bits per heavy atom. The van der Waals surface area contributed by atoms with E-state index in [0.717, 1.165) is 30.6 Å². The molecule has 1 fully saturated rings. The second-order valence-corrected chi connectivity index (χ2v) is 4.94. The SMILES string of the molecule is CCC1CNCCC1(O)c1ccc(F)cc1C. The highest BCUT2D eigenvalue weighted by Gasteiger charge is 2.40. The maximum absolute atomic E-state index is 13.1. The summed E-state index contributed by atoms with van der Waals surface area (Å²) in [5, 5.41) is 14.2. The minimum Gasteiger partial charge on any atom is -0.385 e. The van der Waals surface area contributed by atoms with Crippen LogP contribution in [0.2, 0.25) is 0 Å². The van der Waals surface area contributed by atoms with E-state index in [1.807, 2.05) is 6.92 Å². The van der Waals surface area contributed by atoms with Crippen LogP contribution in [0, 0.1) is 18.7 Å². The van der Waals surface area contributed by atoms with Gasteiger partial charge in [-0.3, -0.25) is 0 Å². The summed E-state index contributed by atoms with van der Waals surface area (Å²) in [7, 11) is 0. The number of halogens is 1. The van der Waals surface area contributed by atoms with Gasteiger partial charge in [-0.2, -0.15) is 0 Å². The van der Waals surface area contributed by atoms with Crippen LogP contribution in [0.5, 0.6) is 0 Å². The molecule has 0 aliphatic carbocycles. The van der Waals surface area contributed by atoms with Gasteiger partial charge in [0.15, 0.2) is 0 Å². The number of hydrogen-bond acceptors (Lipinski definition) is 2. The molecule has 94 valence electrons. The molecule has 1 aliphatic heterocycles. The first-order valence-electron chi connectivity index (χ1n) is 6.27. The van der Waals surface area contributed by atoms with Crippen molar-refractivity contribution in [1.29, 1.82) is 0 Å². The third kappa shape index (κ3) is 2.22. The van der Waals surface area contributed by atoms with E-state index in [4.69, 9.17) is 0 Å². The molecule has 3 heteroatoms. The minimum atomic E-state index is -0.808. The number of hydrogen-bond donors (Lipinski definition) is 2. The fourth-order valence-electron chi connectivity index (χ4n) is 2.88. The first-order chi connectivity index (χ1) is 8.08. The lowest BCUT2D eigenvalue weighted by Gasteiger charge is -2.41. The van der Waals surface area contributed by atoms with Gasteiger partial charge in [0.1, 0.15) is 5.82 Å². The second kappa shape index (κ2) is 4.75. The fourth-order valence-corrected chi connectivity index (χ4v) is 2.88. The van der Waals surface area contributed by atoms with E-state index >= 15 is 0 Å². The molecular formula is C14H20FNO. The number of aliphatic hydroxyl groups is 1. The monoisotopic (exact) mass is 237 g/mol. The molecule has 17 heavy (non-hydrogen) atoms. The molecule has 2 atom stereocenters. The summed E-state index contributed by atoms with van der Waals surface area (Å²) in [5.74, 6) is -0.0442. The van der Waals surface area contributed by atoms with Crippen LogP contribution in [-0.4, -0.2) is 18.2 Å². The van der Waals surface area contributed by atoms with Crippen molar-refractivity contribution in [3.8, 4) is 0 Å². The summed E-state index contributed by atoms with van der Waals surface area (Å²) in [4.78, 5) is 0. The van der Waals surface area contributed by atoms with Crippen molar-refractivity contribution >= 4 is 0 Å². The van der Waals surface area contributed by atoms with E-state index in [2.05, 4.69) is 12.2 Å². The van der Waals surface area contributed by atoms with E-state index in [1.54, 1.807) is 6.07 Å². The zero-order valence-electron chi connectivity index (χ0n) is 10.5. The molecule has 0 radical (unpaired) electrons. The quantitative estimate of drug-likeness (QED) is 0.827. The number of piperidine rings is 1. The van der Waals surface area contributed by atoms with Crippen molar-refractivity contribution in [2.75, 3.05) is 13.1 Å². The number of benzene rings is 1. The first-order valence-corrected chi connectivity index (χ1v) is 6.27. The lowest BCUT2D eigenvalue weighted by Crippen LogP contribution is -2.48. The normalized spacial score (nSPS) is 29.3. The zero-order chi connectivity index (χ0) is 12.5. The molecular weight excluding hydrogens is 217 g/mol. The van der Waals surface area contributed by atoms with E-state index in [9.17, 15) is 9.50 Å². The first kappa shape index (κ1) is 12.5. The molecule has 2 unspecified atom stereocenters. The molecule has 1 aliphatic rings. The summed E-state index contributed by atoms with van der Waals surface area (Å²) >= 11 is 0. The van der Waals surface area contributed by atoms with Crippen molar-refractivity contribution in [2.24, 2.45) is 5.92 Å². The van der Waals surface area contributed by atoms with Gasteiger partial charge in [-0.25, -0.2) is 4.39 Å². The van der Waals surface area contributed by atoms with Crippen molar-refractivity contribution < 1.29 is 9.50 Å². The van der Waals surface area contributed by atoms with Gasteiger partial charge in [0, 0.05) is 12.5 Å². The van der Waals surface area contributed by atoms with Crippen molar-refractivity contribution in [3.05, 3.63) is 35.1 Å². The lowest BCUT2D eigenvalue weighted by molar-refractivity contribution is -0.0483. The van der Waals surface area contributed by atoms with Gasteiger partial charge in [-0.05, 0) is 49.6 Å². The molecule has 2 N–H and O–H groups in total. The highest BCUT2D eigenvalue weighted by atomic mass is 19.1. The predicted molar refractivity (Wildman–Crippen MR) is 66.3 cm³/mol. The molecule has 0 amide bonds. The fraction of sp³-hybridized carbons (Fsp3) is 0.571. The molecule has 2 rings (SSSR count). The molecule has 1 aromatic carbocycles.